The van der Waals surface area contributed by atoms with E-state index < -0.39 is 0 Å². The average molecular weight is 357 g/mol. The monoisotopic (exact) mass is 356 g/mol. The zero-order chi connectivity index (χ0) is 17.6. The summed E-state index contributed by atoms with van der Waals surface area (Å²) in [6.45, 7) is 0. The van der Waals surface area contributed by atoms with Crippen LogP contribution >= 0.6 is 11.6 Å². The van der Waals surface area contributed by atoms with Crippen LogP contribution in [0.25, 0.3) is 0 Å². The molecule has 2 aromatic rings. The summed E-state index contributed by atoms with van der Waals surface area (Å²) in [5, 5.41) is 15.7. The van der Waals surface area contributed by atoms with Crippen LogP contribution in [-0.2, 0) is 0 Å². The topological polar surface area (TPSA) is 64.4 Å². The Balaban J connectivity index is 1.89. The van der Waals surface area contributed by atoms with E-state index in [-0.39, 0.29) is 28.5 Å². The average Bonchev–Trinajstić information content (AvgIpc) is 3.10. The first kappa shape index (κ1) is 16.0. The Morgan fingerprint density at radius 1 is 1.28 bits per heavy atom. The minimum atomic E-state index is -0.320. The number of nitrogens with zero attached hydrogens (tertiary/aromatic N) is 1. The van der Waals surface area contributed by atoms with E-state index >= 15 is 0 Å². The molecule has 0 radical (unpaired) electrons. The summed E-state index contributed by atoms with van der Waals surface area (Å²) in [5.41, 5.74) is 2.66. The van der Waals surface area contributed by atoms with Gasteiger partial charge in [0.15, 0.2) is 0 Å². The fourth-order valence-corrected chi connectivity index (χ4v) is 4.32. The van der Waals surface area contributed by atoms with Crippen LogP contribution in [0.3, 0.4) is 0 Å². The second-order valence-electron chi connectivity index (χ2n) is 6.33. The lowest BCUT2D eigenvalue weighted by Crippen LogP contribution is -2.30. The van der Waals surface area contributed by atoms with Gasteiger partial charge in [0.2, 0.25) is 0 Å². The summed E-state index contributed by atoms with van der Waals surface area (Å²) in [5.74, 6) is 0.989. The van der Waals surface area contributed by atoms with Crippen LogP contribution in [-0.4, -0.2) is 12.0 Å². The van der Waals surface area contributed by atoms with E-state index in [1.807, 2.05) is 24.3 Å². The molecule has 6 heteroatoms. The number of allylic oxidation sites excluding steroid dienone is 2. The largest absolute Gasteiger partial charge is 0.495 e. The van der Waals surface area contributed by atoms with Crippen molar-refractivity contribution >= 4 is 23.0 Å². The predicted octanol–water partition coefficient (Wildman–Crippen LogP) is 5.08. The molecule has 25 heavy (non-hydrogen) atoms. The van der Waals surface area contributed by atoms with Crippen LogP contribution in [0.4, 0.5) is 11.4 Å². The first-order valence-corrected chi connectivity index (χ1v) is 8.52. The lowest BCUT2D eigenvalue weighted by atomic mass is 9.76. The van der Waals surface area contributed by atoms with E-state index in [1.165, 1.54) is 0 Å². The third-order valence-electron chi connectivity index (χ3n) is 5.12. The molecule has 3 atom stereocenters. The van der Waals surface area contributed by atoms with Crippen molar-refractivity contribution in [3.63, 3.8) is 0 Å². The number of benzene rings is 2. The molecule has 0 spiro atoms. The Kier molecular flexibility index (Phi) is 3.88. The number of nitro benzene ring substituents is 1. The number of halogens is 1. The summed E-state index contributed by atoms with van der Waals surface area (Å²) >= 11 is 6.48. The molecule has 0 aromatic heterocycles. The van der Waals surface area contributed by atoms with Crippen LogP contribution in [0.2, 0.25) is 5.02 Å². The van der Waals surface area contributed by atoms with Crippen molar-refractivity contribution in [2.45, 2.75) is 18.4 Å². The Hall–Kier alpha value is -2.53. The first-order valence-electron chi connectivity index (χ1n) is 8.14. The maximum atomic E-state index is 11.5. The molecule has 2 aliphatic rings. The van der Waals surface area contributed by atoms with Gasteiger partial charge in [-0.3, -0.25) is 10.1 Å². The number of hydrogen-bond donors (Lipinski definition) is 1. The van der Waals surface area contributed by atoms with Crippen LogP contribution in [0.5, 0.6) is 5.75 Å². The van der Waals surface area contributed by atoms with Gasteiger partial charge in [0.05, 0.1) is 29.3 Å². The molecule has 1 N–H and O–H groups in total. The highest BCUT2D eigenvalue weighted by molar-refractivity contribution is 6.32. The van der Waals surface area contributed by atoms with Crippen molar-refractivity contribution < 1.29 is 9.66 Å². The van der Waals surface area contributed by atoms with Gasteiger partial charge in [-0.1, -0.05) is 42.0 Å². The lowest BCUT2D eigenvalue weighted by molar-refractivity contribution is -0.385. The van der Waals surface area contributed by atoms with E-state index in [0.29, 0.717) is 16.3 Å². The fourth-order valence-electron chi connectivity index (χ4n) is 4.03. The van der Waals surface area contributed by atoms with Gasteiger partial charge in [-0.25, -0.2) is 0 Å². The molecule has 4 rings (SSSR count). The Labute approximate surface area is 150 Å². The quantitative estimate of drug-likeness (QED) is 0.473. The van der Waals surface area contributed by atoms with E-state index in [9.17, 15) is 10.1 Å². The molecule has 0 saturated heterocycles. The van der Waals surface area contributed by atoms with Gasteiger partial charge < -0.3 is 10.1 Å². The first-order chi connectivity index (χ1) is 12.1. The summed E-state index contributed by atoms with van der Waals surface area (Å²) in [6, 6.07) is 10.4. The molecule has 0 unspecified atom stereocenters. The molecule has 0 saturated carbocycles. The number of nitro groups is 1. The smallest absolute Gasteiger partial charge is 0.274 e. The Bertz CT molecular complexity index is 881. The van der Waals surface area contributed by atoms with Gasteiger partial charge in [0.25, 0.3) is 5.69 Å². The number of fused-ring (bicyclic) bond motifs is 3. The van der Waals surface area contributed by atoms with Crippen LogP contribution < -0.4 is 10.1 Å². The maximum Gasteiger partial charge on any atom is 0.274 e. The van der Waals surface area contributed by atoms with Gasteiger partial charge in [-0.05, 0) is 24.5 Å². The van der Waals surface area contributed by atoms with Crippen molar-refractivity contribution in [3.05, 3.63) is 74.8 Å². The predicted molar refractivity (Wildman–Crippen MR) is 97.5 cm³/mol. The normalized spacial score (nSPS) is 23.5. The van der Waals surface area contributed by atoms with E-state index in [1.54, 1.807) is 19.2 Å². The summed E-state index contributed by atoms with van der Waals surface area (Å²) < 4.78 is 5.50. The van der Waals surface area contributed by atoms with Crippen LogP contribution in [0, 0.1) is 16.0 Å². The third kappa shape index (κ3) is 2.46. The SMILES string of the molecule is COc1ccc(Cl)c2c1N[C@H](c1ccccc1[N+](=O)[O-])[C@@H]1CC=C[C@H]21. The molecule has 5 nitrogen and oxygen atoms in total. The third-order valence-corrected chi connectivity index (χ3v) is 5.45. The number of methoxy groups -OCH3 is 1. The van der Waals surface area contributed by atoms with Crippen LogP contribution in [0.15, 0.2) is 48.6 Å². The molecule has 1 aliphatic carbocycles. The minimum absolute atomic E-state index is 0.115. The van der Waals surface area contributed by atoms with E-state index in [0.717, 1.165) is 17.7 Å². The molecular weight excluding hydrogens is 340 g/mol. The number of nitrogens with one attached hydrogen (secondary N) is 1. The van der Waals surface area contributed by atoms with Crippen molar-refractivity contribution in [1.82, 2.24) is 0 Å². The molecule has 0 bridgehead atoms. The number of ether oxygens (including phenoxy) is 1. The summed E-state index contributed by atoms with van der Waals surface area (Å²) in [7, 11) is 1.61. The van der Waals surface area contributed by atoms with Crippen molar-refractivity contribution in [2.24, 2.45) is 5.92 Å². The minimum Gasteiger partial charge on any atom is -0.495 e. The molecule has 0 amide bonds. The number of para-hydroxylation sites is 1. The van der Waals surface area contributed by atoms with E-state index in [2.05, 4.69) is 17.5 Å². The Morgan fingerprint density at radius 2 is 2.08 bits per heavy atom. The second kappa shape index (κ2) is 6.08. The number of rotatable bonds is 3. The maximum absolute atomic E-state index is 11.5. The van der Waals surface area contributed by atoms with Gasteiger partial charge in [0.1, 0.15) is 5.75 Å². The van der Waals surface area contributed by atoms with Gasteiger partial charge in [0, 0.05) is 22.6 Å². The van der Waals surface area contributed by atoms with Crippen LogP contribution in [0.1, 0.15) is 29.5 Å². The van der Waals surface area contributed by atoms with Gasteiger partial charge in [-0.2, -0.15) is 0 Å². The number of hydrogen-bond acceptors (Lipinski definition) is 4. The van der Waals surface area contributed by atoms with Crippen molar-refractivity contribution in [1.29, 1.82) is 0 Å². The standard InChI is InChI=1S/C19H17ClN2O3/c1-25-16-10-9-14(20)17-11-6-4-7-12(11)18(21-19(16)17)13-5-2-3-8-15(13)22(23)24/h2-6,8-12,18,21H,7H2,1H3/t11-,12+,18-/m0/s1. The Morgan fingerprint density at radius 3 is 2.84 bits per heavy atom. The van der Waals surface area contributed by atoms with Crippen molar-refractivity contribution in [2.75, 3.05) is 12.4 Å². The highest BCUT2D eigenvalue weighted by Crippen LogP contribution is 2.55. The molecule has 0 fully saturated rings. The fraction of sp³-hybridized carbons (Fsp3) is 0.263. The molecule has 2 aromatic carbocycles. The molecular formula is C19H17ClN2O3. The van der Waals surface area contributed by atoms with E-state index in [4.69, 9.17) is 16.3 Å². The second-order valence-corrected chi connectivity index (χ2v) is 6.74. The molecule has 1 heterocycles. The van der Waals surface area contributed by atoms with Gasteiger partial charge in [-0.15, -0.1) is 0 Å². The number of anilines is 1. The van der Waals surface area contributed by atoms with Gasteiger partial charge >= 0.3 is 0 Å². The lowest BCUT2D eigenvalue weighted by Gasteiger charge is -2.38. The summed E-state index contributed by atoms with van der Waals surface area (Å²) in [4.78, 5) is 11.2. The highest BCUT2D eigenvalue weighted by atomic mass is 35.5. The zero-order valence-corrected chi connectivity index (χ0v) is 14.4. The summed E-state index contributed by atoms with van der Waals surface area (Å²) in [6.07, 6.45) is 5.13. The zero-order valence-electron chi connectivity index (χ0n) is 13.6. The van der Waals surface area contributed by atoms with Crippen molar-refractivity contribution in [3.8, 4) is 5.75 Å². The highest BCUT2D eigenvalue weighted by Gasteiger charge is 2.42. The molecule has 1 aliphatic heterocycles. The molecule has 128 valence electrons.